The van der Waals surface area contributed by atoms with Gasteiger partial charge in [0.15, 0.2) is 6.10 Å². The molecule has 0 saturated carbocycles. The number of rotatable bonds is 8. The first-order chi connectivity index (χ1) is 18.5. The first-order valence-corrected chi connectivity index (χ1v) is 12.9. The molecule has 7 nitrogen and oxygen atoms in total. The van der Waals surface area contributed by atoms with Crippen LogP contribution in [0.1, 0.15) is 23.7 Å². The summed E-state index contributed by atoms with van der Waals surface area (Å²) in [5, 5.41) is 5.25. The topological polar surface area (TPSA) is 86.8 Å². The van der Waals surface area contributed by atoms with E-state index in [1.165, 1.54) is 14.2 Å². The SMILES string of the molecule is CCC(OC(=O)c1cccc2cccc(-c3nc4ccccc4s3)c12)C(=O)Nc1cc(OC)cc(OC)c1. The zero-order chi connectivity index (χ0) is 26.6. The van der Waals surface area contributed by atoms with Gasteiger partial charge in [-0.2, -0.15) is 0 Å². The van der Waals surface area contributed by atoms with Crippen LogP contribution in [0.2, 0.25) is 0 Å². The van der Waals surface area contributed by atoms with Gasteiger partial charge in [-0.25, -0.2) is 9.78 Å². The number of carbonyl (C=O) groups is 2. The van der Waals surface area contributed by atoms with Crippen LogP contribution in [0.25, 0.3) is 31.6 Å². The second-order valence-electron chi connectivity index (χ2n) is 8.59. The maximum absolute atomic E-state index is 13.5. The van der Waals surface area contributed by atoms with Crippen LogP contribution in [0.3, 0.4) is 0 Å². The van der Waals surface area contributed by atoms with E-state index in [2.05, 4.69) is 5.32 Å². The molecular formula is C30H26N2O5S. The molecule has 1 aromatic heterocycles. The van der Waals surface area contributed by atoms with E-state index in [-0.39, 0.29) is 0 Å². The lowest BCUT2D eigenvalue weighted by atomic mass is 9.99. The van der Waals surface area contributed by atoms with E-state index < -0.39 is 18.0 Å². The minimum atomic E-state index is -0.996. The Bertz CT molecular complexity index is 1580. The van der Waals surface area contributed by atoms with Gasteiger partial charge in [0.25, 0.3) is 5.91 Å². The van der Waals surface area contributed by atoms with Crippen molar-refractivity contribution in [3.8, 4) is 22.1 Å². The molecule has 0 aliphatic rings. The number of carbonyl (C=O) groups excluding carboxylic acids is 2. The highest BCUT2D eigenvalue weighted by atomic mass is 32.1. The standard InChI is InChI=1S/C30H26N2O5S/c1-4-25(28(33)31-19-15-20(35-2)17-21(16-19)36-3)37-30(34)23-12-8-10-18-9-7-11-22(27(18)23)29-32-24-13-5-6-14-26(24)38-29/h5-17,25H,4H2,1-3H3,(H,31,33). The average molecular weight is 527 g/mol. The summed E-state index contributed by atoms with van der Waals surface area (Å²) in [7, 11) is 3.06. The number of methoxy groups -OCH3 is 2. The van der Waals surface area contributed by atoms with Crippen molar-refractivity contribution >= 4 is 49.9 Å². The van der Waals surface area contributed by atoms with Crippen molar-refractivity contribution in [1.82, 2.24) is 4.98 Å². The Kier molecular flexibility index (Phi) is 7.24. The van der Waals surface area contributed by atoms with Gasteiger partial charge in [-0.3, -0.25) is 4.79 Å². The van der Waals surface area contributed by atoms with Gasteiger partial charge in [0.05, 0.1) is 30.0 Å². The second-order valence-corrected chi connectivity index (χ2v) is 9.62. The fourth-order valence-corrected chi connectivity index (χ4v) is 5.29. The van der Waals surface area contributed by atoms with Gasteiger partial charge in [0, 0.05) is 34.8 Å². The monoisotopic (exact) mass is 526 g/mol. The molecule has 1 unspecified atom stereocenters. The molecule has 0 spiro atoms. The number of esters is 1. The molecule has 4 aromatic carbocycles. The predicted octanol–water partition coefficient (Wildman–Crippen LogP) is 6.71. The van der Waals surface area contributed by atoms with Gasteiger partial charge >= 0.3 is 5.97 Å². The van der Waals surface area contributed by atoms with E-state index >= 15 is 0 Å². The first kappa shape index (κ1) is 25.2. The summed E-state index contributed by atoms with van der Waals surface area (Å²) < 4.78 is 17.4. The fourth-order valence-electron chi connectivity index (χ4n) is 4.29. The molecule has 0 aliphatic carbocycles. The number of fused-ring (bicyclic) bond motifs is 2. The molecule has 0 saturated heterocycles. The molecule has 192 valence electrons. The summed E-state index contributed by atoms with van der Waals surface area (Å²) in [5.74, 6) is 0.0443. The molecular weight excluding hydrogens is 500 g/mol. The molecule has 5 aromatic rings. The number of aromatic nitrogens is 1. The third kappa shape index (κ3) is 5.03. The summed E-state index contributed by atoms with van der Waals surface area (Å²) in [6.45, 7) is 1.79. The van der Waals surface area contributed by atoms with Crippen molar-refractivity contribution in [3.05, 3.63) is 84.4 Å². The number of benzene rings is 4. The van der Waals surface area contributed by atoms with E-state index in [4.69, 9.17) is 19.2 Å². The number of hydrogen-bond acceptors (Lipinski definition) is 7. The number of amides is 1. The molecule has 1 heterocycles. The summed E-state index contributed by atoms with van der Waals surface area (Å²) in [6, 6.07) is 24.3. The molecule has 0 aliphatic heterocycles. The number of ether oxygens (including phenoxy) is 3. The van der Waals surface area contributed by atoms with Crippen LogP contribution in [-0.4, -0.2) is 37.2 Å². The molecule has 0 bridgehead atoms. The van der Waals surface area contributed by atoms with Crippen molar-refractivity contribution in [2.24, 2.45) is 0 Å². The van der Waals surface area contributed by atoms with E-state index in [9.17, 15) is 9.59 Å². The molecule has 1 atom stereocenters. The van der Waals surface area contributed by atoms with E-state index in [1.54, 1.807) is 42.5 Å². The smallest absolute Gasteiger partial charge is 0.339 e. The molecule has 0 fully saturated rings. The quantitative estimate of drug-likeness (QED) is 0.226. The predicted molar refractivity (Wildman–Crippen MR) is 150 cm³/mol. The summed E-state index contributed by atoms with van der Waals surface area (Å²) in [5.41, 5.74) is 2.61. The van der Waals surface area contributed by atoms with Crippen LogP contribution >= 0.6 is 11.3 Å². The van der Waals surface area contributed by atoms with Crippen LogP contribution in [0.5, 0.6) is 11.5 Å². The highest BCUT2D eigenvalue weighted by Gasteiger charge is 2.25. The molecule has 0 radical (unpaired) electrons. The maximum Gasteiger partial charge on any atom is 0.339 e. The minimum absolute atomic E-state index is 0.300. The lowest BCUT2D eigenvalue weighted by molar-refractivity contribution is -0.124. The first-order valence-electron chi connectivity index (χ1n) is 12.1. The van der Waals surface area contributed by atoms with Crippen molar-refractivity contribution < 1.29 is 23.8 Å². The van der Waals surface area contributed by atoms with Crippen LogP contribution in [-0.2, 0) is 9.53 Å². The van der Waals surface area contributed by atoms with Gasteiger partial charge in [0.1, 0.15) is 16.5 Å². The van der Waals surface area contributed by atoms with Crippen LogP contribution in [0.4, 0.5) is 5.69 Å². The van der Waals surface area contributed by atoms with Gasteiger partial charge in [-0.05, 0) is 30.0 Å². The van der Waals surface area contributed by atoms with Gasteiger partial charge in [-0.1, -0.05) is 49.4 Å². The van der Waals surface area contributed by atoms with Crippen LogP contribution in [0.15, 0.2) is 78.9 Å². The molecule has 5 rings (SSSR count). The number of hydrogen-bond donors (Lipinski definition) is 1. The number of thiazole rings is 1. The minimum Gasteiger partial charge on any atom is -0.497 e. The van der Waals surface area contributed by atoms with Gasteiger partial charge in [0.2, 0.25) is 0 Å². The Balaban J connectivity index is 1.45. The third-order valence-corrected chi connectivity index (χ3v) is 7.25. The Labute approximate surface area is 224 Å². The number of nitrogens with zero attached hydrogens (tertiary/aromatic N) is 1. The van der Waals surface area contributed by atoms with Crippen molar-refractivity contribution in [3.63, 3.8) is 0 Å². The number of para-hydroxylation sites is 1. The van der Waals surface area contributed by atoms with Crippen LogP contribution in [0, 0.1) is 0 Å². The highest BCUT2D eigenvalue weighted by molar-refractivity contribution is 7.21. The largest absolute Gasteiger partial charge is 0.497 e. The van der Waals surface area contributed by atoms with Crippen molar-refractivity contribution in [1.29, 1.82) is 0 Å². The van der Waals surface area contributed by atoms with Crippen molar-refractivity contribution in [2.75, 3.05) is 19.5 Å². The Hall–Kier alpha value is -4.43. The summed E-state index contributed by atoms with van der Waals surface area (Å²) in [6.07, 6.45) is -0.696. The highest BCUT2D eigenvalue weighted by Crippen LogP contribution is 2.36. The maximum atomic E-state index is 13.5. The van der Waals surface area contributed by atoms with E-state index in [0.29, 0.717) is 29.2 Å². The lowest BCUT2D eigenvalue weighted by Gasteiger charge is -2.18. The second kappa shape index (κ2) is 10.9. The van der Waals surface area contributed by atoms with Crippen molar-refractivity contribution in [2.45, 2.75) is 19.4 Å². The Morgan fingerprint density at radius 2 is 1.63 bits per heavy atom. The molecule has 8 heteroatoms. The fraction of sp³-hybridized carbons (Fsp3) is 0.167. The van der Waals surface area contributed by atoms with Gasteiger partial charge in [-0.15, -0.1) is 11.3 Å². The lowest BCUT2D eigenvalue weighted by Crippen LogP contribution is -2.32. The average Bonchev–Trinajstić information content (AvgIpc) is 3.39. The zero-order valence-corrected chi connectivity index (χ0v) is 22.0. The van der Waals surface area contributed by atoms with E-state index in [0.717, 1.165) is 31.6 Å². The zero-order valence-electron chi connectivity index (χ0n) is 21.2. The summed E-state index contributed by atoms with van der Waals surface area (Å²) >= 11 is 1.57. The molecule has 38 heavy (non-hydrogen) atoms. The van der Waals surface area contributed by atoms with E-state index in [1.807, 2.05) is 54.6 Å². The normalized spacial score (nSPS) is 11.8. The third-order valence-electron chi connectivity index (χ3n) is 6.18. The number of anilines is 1. The Morgan fingerprint density at radius 1 is 0.921 bits per heavy atom. The molecule has 1 amide bonds. The molecule has 1 N–H and O–H groups in total. The number of nitrogens with one attached hydrogen (secondary N) is 1. The summed E-state index contributed by atoms with van der Waals surface area (Å²) in [4.78, 5) is 31.4. The Morgan fingerprint density at radius 3 is 2.32 bits per heavy atom. The van der Waals surface area contributed by atoms with Gasteiger partial charge < -0.3 is 19.5 Å². The van der Waals surface area contributed by atoms with Crippen LogP contribution < -0.4 is 14.8 Å².